The number of ether oxygens (including phenoxy) is 2. The van der Waals surface area contributed by atoms with Crippen molar-refractivity contribution in [2.24, 2.45) is 0 Å². The van der Waals surface area contributed by atoms with Crippen LogP contribution in [0.2, 0.25) is 0 Å². The highest BCUT2D eigenvalue weighted by molar-refractivity contribution is 5.83. The highest BCUT2D eigenvalue weighted by atomic mass is 19.4. The Kier molecular flexibility index (Phi) is 9.93. The average Bonchev–Trinajstić information content (AvgIpc) is 3.40. The number of halogens is 6. The first-order chi connectivity index (χ1) is 22.2. The minimum Gasteiger partial charge on any atom is -0.497 e. The lowest BCUT2D eigenvalue weighted by molar-refractivity contribution is -0.141. The van der Waals surface area contributed by atoms with Crippen LogP contribution in [0.25, 0.3) is 0 Å². The van der Waals surface area contributed by atoms with Crippen LogP contribution < -0.4 is 20.5 Å². The predicted octanol–water partition coefficient (Wildman–Crippen LogP) is 4.21. The highest BCUT2D eigenvalue weighted by Gasteiger charge is 2.40. The van der Waals surface area contributed by atoms with Crippen LogP contribution in [0, 0.1) is 0 Å². The van der Waals surface area contributed by atoms with Crippen molar-refractivity contribution in [1.29, 1.82) is 0 Å². The first-order valence-corrected chi connectivity index (χ1v) is 14.9. The minimum atomic E-state index is -4.96. The summed E-state index contributed by atoms with van der Waals surface area (Å²) in [5.74, 6) is 0.651. The molecule has 47 heavy (non-hydrogen) atoms. The summed E-state index contributed by atoms with van der Waals surface area (Å²) in [6, 6.07) is 5.70. The van der Waals surface area contributed by atoms with Gasteiger partial charge in [-0.2, -0.15) is 31.4 Å². The van der Waals surface area contributed by atoms with Crippen molar-refractivity contribution in [3.63, 3.8) is 0 Å². The van der Waals surface area contributed by atoms with E-state index in [1.807, 2.05) is 4.90 Å². The monoisotopic (exact) mass is 669 g/mol. The maximum Gasteiger partial charge on any atom is 0.434 e. The van der Waals surface area contributed by atoms with Gasteiger partial charge < -0.3 is 24.6 Å². The van der Waals surface area contributed by atoms with Crippen molar-refractivity contribution in [2.45, 2.75) is 63.3 Å². The molecular formula is C30H33F6N7O4. The fourth-order valence-electron chi connectivity index (χ4n) is 5.69. The third kappa shape index (κ3) is 7.94. The SMILES string of the molecule is COc1ccc(Cn2ncc(NC(C)COC3CCN(C4CCN(c5cnc(C(F)(F)F)cn5)CC4)C3=O)c(C(F)(F)F)c2=O)cc1. The first-order valence-electron chi connectivity index (χ1n) is 14.9. The molecule has 17 heteroatoms. The van der Waals surface area contributed by atoms with Crippen LogP contribution in [0.4, 0.5) is 37.8 Å². The van der Waals surface area contributed by atoms with Gasteiger partial charge in [-0.1, -0.05) is 12.1 Å². The van der Waals surface area contributed by atoms with Crippen molar-refractivity contribution in [1.82, 2.24) is 24.6 Å². The molecule has 3 aromatic rings. The second kappa shape index (κ2) is 13.8. The van der Waals surface area contributed by atoms with Gasteiger partial charge in [-0.25, -0.2) is 14.6 Å². The van der Waals surface area contributed by atoms with Crippen LogP contribution >= 0.6 is 0 Å². The van der Waals surface area contributed by atoms with Crippen molar-refractivity contribution < 1.29 is 40.6 Å². The standard InChI is InChI=1S/C30H33F6N7O4/c1-18(40-22-13-39-43(28(45)26(22)30(34,35)36)16-19-3-5-21(46-2)6-4-19)17-47-23-9-12-42(27(23)44)20-7-10-41(11-8-20)25-15-37-24(14-38-25)29(31,32)33/h3-6,13-15,18,20,23,40H,7-12,16-17H2,1-2H3. The Hall–Kier alpha value is -4.41. The third-order valence-electron chi connectivity index (χ3n) is 8.12. The molecule has 2 fully saturated rings. The largest absolute Gasteiger partial charge is 0.497 e. The number of likely N-dealkylation sites (tertiary alicyclic amines) is 1. The summed E-state index contributed by atoms with van der Waals surface area (Å²) >= 11 is 0. The molecule has 2 aromatic heterocycles. The molecule has 2 unspecified atom stereocenters. The summed E-state index contributed by atoms with van der Waals surface area (Å²) in [7, 11) is 1.48. The lowest BCUT2D eigenvalue weighted by atomic mass is 10.0. The van der Waals surface area contributed by atoms with Crippen LogP contribution in [-0.4, -0.2) is 82.1 Å². The van der Waals surface area contributed by atoms with Gasteiger partial charge in [0.1, 0.15) is 23.2 Å². The zero-order valence-corrected chi connectivity index (χ0v) is 25.5. The van der Waals surface area contributed by atoms with E-state index in [9.17, 15) is 35.9 Å². The summed E-state index contributed by atoms with van der Waals surface area (Å²) in [6.45, 7) is 2.66. The Morgan fingerprint density at radius 2 is 1.64 bits per heavy atom. The zero-order chi connectivity index (χ0) is 33.9. The van der Waals surface area contributed by atoms with Crippen LogP contribution in [0.1, 0.15) is 43.0 Å². The van der Waals surface area contributed by atoms with Crippen LogP contribution in [0.15, 0.2) is 47.7 Å². The average molecular weight is 670 g/mol. The number of carbonyl (C=O) groups is 1. The molecule has 1 aromatic carbocycles. The number of rotatable bonds is 10. The predicted molar refractivity (Wildman–Crippen MR) is 157 cm³/mol. The molecule has 0 saturated carbocycles. The Morgan fingerprint density at radius 3 is 2.23 bits per heavy atom. The first kappa shape index (κ1) is 33.9. The fraction of sp³-hybridized carbons (Fsp3) is 0.500. The van der Waals surface area contributed by atoms with Gasteiger partial charge in [-0.05, 0) is 37.5 Å². The third-order valence-corrected chi connectivity index (χ3v) is 8.12. The molecular weight excluding hydrogens is 636 g/mol. The number of benzene rings is 1. The van der Waals surface area contributed by atoms with E-state index in [-0.39, 0.29) is 25.1 Å². The number of nitrogens with one attached hydrogen (secondary N) is 1. The maximum absolute atomic E-state index is 14.0. The topological polar surface area (TPSA) is 115 Å². The van der Waals surface area contributed by atoms with Gasteiger partial charge in [0.05, 0.1) is 44.5 Å². The molecule has 0 radical (unpaired) electrons. The summed E-state index contributed by atoms with van der Waals surface area (Å²) < 4.78 is 92.1. The molecule has 1 N–H and O–H groups in total. The second-order valence-corrected chi connectivity index (χ2v) is 11.4. The van der Waals surface area contributed by atoms with Gasteiger partial charge in [-0.15, -0.1) is 0 Å². The molecule has 1 amide bonds. The number of piperidine rings is 1. The summed E-state index contributed by atoms with van der Waals surface area (Å²) in [4.78, 5) is 36.9. The smallest absolute Gasteiger partial charge is 0.434 e. The number of alkyl halides is 6. The van der Waals surface area contributed by atoms with Crippen molar-refractivity contribution >= 4 is 17.4 Å². The minimum absolute atomic E-state index is 0.102. The van der Waals surface area contributed by atoms with Crippen molar-refractivity contribution in [3.8, 4) is 5.75 Å². The van der Waals surface area contributed by atoms with Gasteiger partial charge >= 0.3 is 12.4 Å². The van der Waals surface area contributed by atoms with Crippen LogP contribution in [-0.2, 0) is 28.4 Å². The van der Waals surface area contributed by atoms with E-state index < -0.39 is 47.0 Å². The van der Waals surface area contributed by atoms with Gasteiger partial charge in [-0.3, -0.25) is 9.59 Å². The van der Waals surface area contributed by atoms with Crippen LogP contribution in [0.5, 0.6) is 5.75 Å². The zero-order valence-electron chi connectivity index (χ0n) is 25.5. The Morgan fingerprint density at radius 1 is 0.936 bits per heavy atom. The lowest BCUT2D eigenvalue weighted by Crippen LogP contribution is -2.47. The Labute approximate surface area is 265 Å². The van der Waals surface area contributed by atoms with Crippen molar-refractivity contribution in [3.05, 3.63) is 70.0 Å². The van der Waals surface area contributed by atoms with Gasteiger partial charge in [0.25, 0.3) is 11.5 Å². The molecule has 0 bridgehead atoms. The van der Waals surface area contributed by atoms with E-state index in [4.69, 9.17) is 9.47 Å². The molecule has 4 heterocycles. The van der Waals surface area contributed by atoms with E-state index in [0.717, 1.165) is 17.1 Å². The number of aromatic nitrogens is 4. The molecule has 11 nitrogen and oxygen atoms in total. The summed E-state index contributed by atoms with van der Waals surface area (Å²) in [5, 5.41) is 6.61. The molecule has 2 aliphatic rings. The number of amides is 1. The Balaban J connectivity index is 1.14. The van der Waals surface area contributed by atoms with E-state index >= 15 is 0 Å². The Bertz CT molecular complexity index is 1590. The van der Waals surface area contributed by atoms with E-state index in [1.165, 1.54) is 7.11 Å². The molecule has 0 spiro atoms. The fourth-order valence-corrected chi connectivity index (χ4v) is 5.69. The second-order valence-electron chi connectivity index (χ2n) is 11.4. The number of anilines is 2. The summed E-state index contributed by atoms with van der Waals surface area (Å²) in [6.07, 6.45) is -6.05. The number of nitrogens with zero attached hydrogens (tertiary/aromatic N) is 6. The van der Waals surface area contributed by atoms with E-state index in [1.54, 1.807) is 36.1 Å². The number of methoxy groups -OCH3 is 1. The van der Waals surface area contributed by atoms with E-state index in [2.05, 4.69) is 20.4 Å². The molecule has 2 aliphatic heterocycles. The normalized spacial score (nSPS) is 18.5. The maximum atomic E-state index is 14.0. The number of carbonyl (C=O) groups excluding carboxylic acids is 1. The molecule has 0 aliphatic carbocycles. The van der Waals surface area contributed by atoms with Gasteiger partial charge in [0.15, 0.2) is 5.69 Å². The molecule has 2 atom stereocenters. The quantitative estimate of drug-likeness (QED) is 0.317. The number of hydrogen-bond donors (Lipinski definition) is 1. The van der Waals surface area contributed by atoms with E-state index in [0.29, 0.717) is 62.2 Å². The van der Waals surface area contributed by atoms with Gasteiger partial charge in [0.2, 0.25) is 0 Å². The summed E-state index contributed by atoms with van der Waals surface area (Å²) in [5.41, 5.74) is -3.69. The number of hydrogen-bond acceptors (Lipinski definition) is 9. The van der Waals surface area contributed by atoms with Gasteiger partial charge in [0, 0.05) is 38.1 Å². The highest BCUT2D eigenvalue weighted by Crippen LogP contribution is 2.33. The lowest BCUT2D eigenvalue weighted by Gasteiger charge is -2.37. The molecule has 2 saturated heterocycles. The molecule has 5 rings (SSSR count). The van der Waals surface area contributed by atoms with Crippen LogP contribution in [0.3, 0.4) is 0 Å². The molecule has 254 valence electrons. The van der Waals surface area contributed by atoms with Crippen molar-refractivity contribution in [2.75, 3.05) is 43.6 Å².